The number of anilines is 2. The maximum Gasteiger partial charge on any atom is 0.416 e. The van der Waals surface area contributed by atoms with Gasteiger partial charge in [0, 0.05) is 68.8 Å². The lowest BCUT2D eigenvalue weighted by atomic mass is 9.94. The summed E-state index contributed by atoms with van der Waals surface area (Å²) in [5.41, 5.74) is 8.08. The number of imide groups is 1. The van der Waals surface area contributed by atoms with E-state index in [-0.39, 0.29) is 110 Å². The molecular formula is C64H78N12O14. The number of benzene rings is 3. The minimum Gasteiger partial charge on any atom is -0.493 e. The van der Waals surface area contributed by atoms with Gasteiger partial charge in [-0.05, 0) is 100 Å². The minimum absolute atomic E-state index is 0.0474. The molecule has 0 aliphatic carbocycles. The number of hydrogen-bond donors (Lipinski definition) is 5. The molecule has 0 radical (unpaired) electrons. The third-order valence-electron chi connectivity index (χ3n) is 16.6. The number of nitrogens with one attached hydrogen (secondary N) is 3. The molecule has 4 aromatic rings. The molecule has 0 bridgehead atoms. The van der Waals surface area contributed by atoms with E-state index in [0.717, 1.165) is 10.5 Å². The van der Waals surface area contributed by atoms with Gasteiger partial charge in [0.1, 0.15) is 18.3 Å². The Morgan fingerprint density at radius 1 is 0.822 bits per heavy atom. The molecule has 5 aliphatic rings. The van der Waals surface area contributed by atoms with Crippen molar-refractivity contribution in [3.05, 3.63) is 114 Å². The number of hydrogen-bond acceptors (Lipinski definition) is 17. The Bertz CT molecular complexity index is 3470. The van der Waals surface area contributed by atoms with Crippen molar-refractivity contribution in [1.82, 2.24) is 40.3 Å². The van der Waals surface area contributed by atoms with E-state index >= 15 is 0 Å². The Morgan fingerprint density at radius 3 is 2.18 bits per heavy atom. The van der Waals surface area contributed by atoms with Crippen LogP contribution in [0.1, 0.15) is 135 Å². The molecule has 26 heteroatoms. The molecule has 5 aliphatic heterocycles. The summed E-state index contributed by atoms with van der Waals surface area (Å²) in [7, 11) is 2.96. The largest absolute Gasteiger partial charge is 0.493 e. The van der Waals surface area contributed by atoms with Gasteiger partial charge in [-0.1, -0.05) is 61.9 Å². The summed E-state index contributed by atoms with van der Waals surface area (Å²) >= 11 is 0. The summed E-state index contributed by atoms with van der Waals surface area (Å²) in [6.45, 7) is 15.0. The first-order chi connectivity index (χ1) is 43.2. The number of urea groups is 1. The number of aliphatic hydroxyl groups is 1. The number of primary amides is 1. The van der Waals surface area contributed by atoms with Crippen molar-refractivity contribution >= 4 is 70.8 Å². The van der Waals surface area contributed by atoms with Gasteiger partial charge in [-0.15, -0.1) is 5.10 Å². The second-order valence-electron chi connectivity index (χ2n) is 23.5. The highest BCUT2D eigenvalue weighted by Gasteiger charge is 2.54. The fraction of sp³-hybridized carbons (Fsp3) is 0.453. The van der Waals surface area contributed by atoms with Crippen LogP contribution >= 0.6 is 0 Å². The molecule has 9 amide bonds. The number of unbranched alkanes of at least 4 members (excludes halogenated alkanes) is 4. The van der Waals surface area contributed by atoms with Crippen molar-refractivity contribution in [2.45, 2.75) is 128 Å². The summed E-state index contributed by atoms with van der Waals surface area (Å²) in [6.07, 6.45) is 8.55. The van der Waals surface area contributed by atoms with Gasteiger partial charge in [-0.25, -0.2) is 19.2 Å². The summed E-state index contributed by atoms with van der Waals surface area (Å²) in [6, 6.07) is 10.6. The van der Waals surface area contributed by atoms with Crippen LogP contribution in [-0.4, -0.2) is 160 Å². The lowest BCUT2D eigenvalue weighted by Crippen LogP contribution is -2.59. The highest BCUT2D eigenvalue weighted by Crippen LogP contribution is 2.46. The van der Waals surface area contributed by atoms with E-state index in [1.54, 1.807) is 60.6 Å². The van der Waals surface area contributed by atoms with Crippen LogP contribution in [0, 0.1) is 5.92 Å². The van der Waals surface area contributed by atoms with Crippen LogP contribution in [-0.2, 0) is 30.5 Å². The molecule has 2 fully saturated rings. The second-order valence-corrected chi connectivity index (χ2v) is 23.5. The number of fused-ring (bicyclic) bond motifs is 4. The van der Waals surface area contributed by atoms with Crippen molar-refractivity contribution < 1.29 is 67.1 Å². The molecule has 3 aromatic carbocycles. The van der Waals surface area contributed by atoms with Gasteiger partial charge in [-0.3, -0.25) is 38.7 Å². The number of aromatic nitrogens is 3. The summed E-state index contributed by atoms with van der Waals surface area (Å²) < 4.78 is 31.1. The first kappa shape index (κ1) is 64.9. The summed E-state index contributed by atoms with van der Waals surface area (Å²) in [5, 5.41) is 29.4. The van der Waals surface area contributed by atoms with E-state index < -0.39 is 47.8 Å². The Morgan fingerprint density at radius 2 is 1.50 bits per heavy atom. The fourth-order valence-corrected chi connectivity index (χ4v) is 11.7. The predicted molar refractivity (Wildman–Crippen MR) is 330 cm³/mol. The Balaban J connectivity index is 0.818. The third kappa shape index (κ3) is 14.8. The van der Waals surface area contributed by atoms with E-state index in [1.807, 2.05) is 13.8 Å². The van der Waals surface area contributed by atoms with Gasteiger partial charge in [0.25, 0.3) is 23.6 Å². The molecule has 1 aromatic heterocycles. The van der Waals surface area contributed by atoms with Crippen molar-refractivity contribution in [2.75, 3.05) is 63.8 Å². The van der Waals surface area contributed by atoms with Crippen molar-refractivity contribution in [3.63, 3.8) is 0 Å². The maximum atomic E-state index is 14.5. The maximum absolute atomic E-state index is 14.5. The molecule has 0 saturated carbocycles. The van der Waals surface area contributed by atoms with Crippen LogP contribution in [0.3, 0.4) is 0 Å². The van der Waals surface area contributed by atoms with Crippen molar-refractivity contribution in [3.8, 4) is 23.0 Å². The number of aliphatic imine (C=N–C) groups is 1. The quantitative estimate of drug-likeness (QED) is 0.0218. The van der Waals surface area contributed by atoms with Gasteiger partial charge in [-0.2, -0.15) is 0 Å². The number of nitrogens with zero attached hydrogens (tertiary/aromatic N) is 8. The molecule has 5 atom stereocenters. The molecule has 90 heavy (non-hydrogen) atoms. The molecule has 2 saturated heterocycles. The average molecular weight is 1240 g/mol. The number of amides is 9. The molecule has 6 heterocycles. The average Bonchev–Trinajstić information content (AvgIpc) is 1.61. The monoisotopic (exact) mass is 1240 g/mol. The molecule has 6 N–H and O–H groups in total. The van der Waals surface area contributed by atoms with Gasteiger partial charge in [0.2, 0.25) is 11.8 Å². The third-order valence-corrected chi connectivity index (χ3v) is 16.6. The number of carbonyl (C=O) groups excluding carboxylic acids is 8. The van der Waals surface area contributed by atoms with Crippen LogP contribution in [0.15, 0.2) is 96.2 Å². The SMILES string of the molecule is C=C1CC2C=Nc3cc(OCCCCCOc4cc5c(cc4OC)C(=O)N4CC(=C)CC4(C)[C@H](O)N5C(=O)OCc4ccc(NC(=O)[C@H](CCCNC(N)=O)n5cc([C@@H](NC(=O)CCCCCN6C(=O)C=CC6=O)C(C)C)nn5)cc4)c(OC)cc3C(=O)N2C1. The Kier molecular flexibility index (Phi) is 20.7. The molecule has 0 spiro atoms. The number of methoxy groups -OCH3 is 2. The highest BCUT2D eigenvalue weighted by atomic mass is 16.6. The van der Waals surface area contributed by atoms with E-state index in [2.05, 4.69) is 44.4 Å². The zero-order chi connectivity index (χ0) is 64.4. The Labute approximate surface area is 521 Å². The van der Waals surface area contributed by atoms with Crippen LogP contribution in [0.25, 0.3) is 0 Å². The number of nitrogens with two attached hydrogens (primary N) is 1. The van der Waals surface area contributed by atoms with E-state index in [9.17, 15) is 43.5 Å². The minimum atomic E-state index is -1.60. The Hall–Kier alpha value is -9.59. The number of rotatable bonds is 28. The summed E-state index contributed by atoms with van der Waals surface area (Å²) in [5.74, 6) is -0.745. The second kappa shape index (κ2) is 28.7. The van der Waals surface area contributed by atoms with Gasteiger partial charge < -0.3 is 60.3 Å². The van der Waals surface area contributed by atoms with Gasteiger partial charge in [0.15, 0.2) is 29.2 Å². The van der Waals surface area contributed by atoms with Crippen molar-refractivity contribution in [1.29, 1.82) is 0 Å². The topological polar surface area (TPSA) is 321 Å². The zero-order valence-corrected chi connectivity index (χ0v) is 51.4. The zero-order valence-electron chi connectivity index (χ0n) is 51.4. The molecule has 9 rings (SSSR count). The van der Waals surface area contributed by atoms with Crippen LogP contribution < -0.4 is 45.5 Å². The lowest BCUT2D eigenvalue weighted by Gasteiger charge is -2.40. The van der Waals surface area contributed by atoms with Crippen molar-refractivity contribution in [2.24, 2.45) is 16.6 Å². The standard InChI is InChI=1S/C64H78N12O14/c1-38(2)57(69-54(77)16-10-8-11-24-72-55(78)21-22-56(72)79)47-36-75(71-70-47)48(15-14-23-66-62(65)84)58(80)68-42-19-17-41(18-20-42)37-90-63(85)76-49-31-53(51(87-7)29-45(49)60(82)74-35-40(4)32-64(74,5)61(76)83)89-26-13-9-12-25-88-52-30-46-44(28-50(52)86-6)59(81)73-34-39(3)27-43(73)33-67-46/h17-22,28-31,33,36,38,43,48,57,61,83H,3-4,8-16,23-27,32,34-35,37H2,1-2,5-7H3,(H,68,80)(H,69,77)(H3,65,66,84)/t43?,48-,57-,61-,64?/m0/s1. The molecule has 2 unspecified atom stereocenters. The first-order valence-corrected chi connectivity index (χ1v) is 30.2. The molecule has 26 nitrogen and oxygen atoms in total. The van der Waals surface area contributed by atoms with Crippen LogP contribution in [0.5, 0.6) is 23.0 Å². The summed E-state index contributed by atoms with van der Waals surface area (Å²) in [4.78, 5) is 115. The van der Waals surface area contributed by atoms with E-state index in [4.69, 9.17) is 29.4 Å². The number of ether oxygens (including phenoxy) is 5. The van der Waals surface area contributed by atoms with Gasteiger partial charge >= 0.3 is 12.1 Å². The smallest absolute Gasteiger partial charge is 0.416 e. The number of aliphatic hydroxyl groups excluding tert-OH is 1. The van der Waals surface area contributed by atoms with Gasteiger partial charge in [0.05, 0.1) is 73.8 Å². The fourth-order valence-electron chi connectivity index (χ4n) is 11.7. The van der Waals surface area contributed by atoms with E-state index in [0.29, 0.717) is 110 Å². The normalized spacial score (nSPS) is 19.0. The highest BCUT2D eigenvalue weighted by molar-refractivity contribution is 6.13. The van der Waals surface area contributed by atoms with Crippen LogP contribution in [0.2, 0.25) is 0 Å². The first-order valence-electron chi connectivity index (χ1n) is 30.2. The molecule has 478 valence electrons. The lowest BCUT2D eigenvalue weighted by molar-refractivity contribution is -0.137. The van der Waals surface area contributed by atoms with Crippen LogP contribution in [0.4, 0.5) is 26.7 Å². The molecular weight excluding hydrogens is 1160 g/mol. The number of carbonyl (C=O) groups is 8. The predicted octanol–water partition coefficient (Wildman–Crippen LogP) is 6.97. The van der Waals surface area contributed by atoms with E-state index in [1.165, 1.54) is 53.0 Å².